The topological polar surface area (TPSA) is 84.2 Å². The molecule has 6 nitrogen and oxygen atoms in total. The standard InChI is InChI=1S/C15H15Cl2N3O3/c1-3-15(2,14(22)23)18-13(21)12-6-7-20(19-12)9-4-5-10(16)11(17)8-9/h4-8H,3H2,1-2H3,(H,18,21)(H,22,23). The lowest BCUT2D eigenvalue weighted by Crippen LogP contribution is -2.51. The third-order valence-corrected chi connectivity index (χ3v) is 4.30. The number of carboxylic acid groups (broad SMARTS) is 1. The molecule has 0 fully saturated rings. The van der Waals surface area contributed by atoms with Crippen molar-refractivity contribution in [3.8, 4) is 5.69 Å². The van der Waals surface area contributed by atoms with E-state index in [2.05, 4.69) is 10.4 Å². The number of carbonyl (C=O) groups is 2. The fourth-order valence-electron chi connectivity index (χ4n) is 1.82. The predicted molar refractivity (Wildman–Crippen MR) is 87.4 cm³/mol. The van der Waals surface area contributed by atoms with Crippen LogP contribution in [0, 0.1) is 0 Å². The molecule has 2 rings (SSSR count). The zero-order chi connectivity index (χ0) is 17.2. The first-order valence-corrected chi connectivity index (χ1v) is 7.59. The molecule has 1 heterocycles. The van der Waals surface area contributed by atoms with E-state index >= 15 is 0 Å². The molecule has 2 N–H and O–H groups in total. The number of aromatic nitrogens is 2. The van der Waals surface area contributed by atoms with E-state index < -0.39 is 17.4 Å². The Morgan fingerprint density at radius 2 is 2.00 bits per heavy atom. The number of nitrogens with one attached hydrogen (secondary N) is 1. The number of nitrogens with zero attached hydrogens (tertiary/aromatic N) is 2. The second-order valence-corrected chi connectivity index (χ2v) is 6.00. The third-order valence-electron chi connectivity index (χ3n) is 3.56. The Labute approximate surface area is 143 Å². The molecule has 0 saturated carbocycles. The van der Waals surface area contributed by atoms with Crippen LogP contribution in [0.4, 0.5) is 0 Å². The first-order valence-electron chi connectivity index (χ1n) is 6.84. The SMILES string of the molecule is CCC(C)(NC(=O)c1ccn(-c2ccc(Cl)c(Cl)c2)n1)C(=O)O. The molecule has 1 atom stereocenters. The van der Waals surface area contributed by atoms with Gasteiger partial charge in [0, 0.05) is 6.20 Å². The van der Waals surface area contributed by atoms with Gasteiger partial charge >= 0.3 is 5.97 Å². The number of hydrogen-bond acceptors (Lipinski definition) is 3. The molecule has 122 valence electrons. The molecular weight excluding hydrogens is 341 g/mol. The summed E-state index contributed by atoms with van der Waals surface area (Å²) in [6, 6.07) is 6.44. The van der Waals surface area contributed by atoms with Crippen LogP contribution in [-0.2, 0) is 4.79 Å². The van der Waals surface area contributed by atoms with Crippen LogP contribution in [0.1, 0.15) is 30.8 Å². The van der Waals surface area contributed by atoms with Crippen LogP contribution in [0.25, 0.3) is 5.69 Å². The van der Waals surface area contributed by atoms with Crippen molar-refractivity contribution in [3.63, 3.8) is 0 Å². The summed E-state index contributed by atoms with van der Waals surface area (Å²) in [7, 11) is 0. The van der Waals surface area contributed by atoms with Gasteiger partial charge in [0.1, 0.15) is 5.54 Å². The van der Waals surface area contributed by atoms with Gasteiger partial charge in [-0.1, -0.05) is 30.1 Å². The zero-order valence-corrected chi connectivity index (χ0v) is 14.0. The van der Waals surface area contributed by atoms with Gasteiger partial charge in [-0.15, -0.1) is 0 Å². The molecule has 0 aliphatic heterocycles. The zero-order valence-electron chi connectivity index (χ0n) is 12.5. The molecule has 0 saturated heterocycles. The lowest BCUT2D eigenvalue weighted by Gasteiger charge is -2.23. The molecule has 1 unspecified atom stereocenters. The predicted octanol–water partition coefficient (Wildman–Crippen LogP) is 3.16. The average molecular weight is 356 g/mol. The van der Waals surface area contributed by atoms with Crippen LogP contribution in [0.15, 0.2) is 30.5 Å². The summed E-state index contributed by atoms with van der Waals surface area (Å²) in [5.41, 5.74) is -0.600. The lowest BCUT2D eigenvalue weighted by molar-refractivity contribution is -0.143. The molecular formula is C15H15Cl2N3O3. The first-order chi connectivity index (χ1) is 10.8. The fourth-order valence-corrected chi connectivity index (χ4v) is 2.12. The van der Waals surface area contributed by atoms with Crippen molar-refractivity contribution in [2.45, 2.75) is 25.8 Å². The highest BCUT2D eigenvalue weighted by Gasteiger charge is 2.33. The summed E-state index contributed by atoms with van der Waals surface area (Å²) in [5.74, 6) is -1.66. The lowest BCUT2D eigenvalue weighted by atomic mass is 9.99. The van der Waals surface area contributed by atoms with Gasteiger partial charge in [0.25, 0.3) is 5.91 Å². The van der Waals surface area contributed by atoms with Gasteiger partial charge in [0.2, 0.25) is 0 Å². The number of halogens is 2. The van der Waals surface area contributed by atoms with Crippen LogP contribution in [-0.4, -0.2) is 32.3 Å². The molecule has 1 aromatic carbocycles. The van der Waals surface area contributed by atoms with Crippen LogP contribution in [0.5, 0.6) is 0 Å². The van der Waals surface area contributed by atoms with Crippen LogP contribution in [0.2, 0.25) is 10.0 Å². The molecule has 0 aliphatic carbocycles. The van der Waals surface area contributed by atoms with Crippen molar-refractivity contribution in [2.24, 2.45) is 0 Å². The van der Waals surface area contributed by atoms with Gasteiger partial charge in [0.05, 0.1) is 15.7 Å². The van der Waals surface area contributed by atoms with Crippen molar-refractivity contribution < 1.29 is 14.7 Å². The molecule has 23 heavy (non-hydrogen) atoms. The quantitative estimate of drug-likeness (QED) is 0.862. The van der Waals surface area contributed by atoms with E-state index in [1.54, 1.807) is 31.3 Å². The Kier molecular flexibility index (Phi) is 4.97. The number of amides is 1. The van der Waals surface area contributed by atoms with E-state index in [0.717, 1.165) is 0 Å². The van der Waals surface area contributed by atoms with Gasteiger partial charge in [-0.3, -0.25) is 4.79 Å². The summed E-state index contributed by atoms with van der Waals surface area (Å²) in [6.07, 6.45) is 1.83. The molecule has 2 aromatic rings. The smallest absolute Gasteiger partial charge is 0.329 e. The highest BCUT2D eigenvalue weighted by Crippen LogP contribution is 2.24. The minimum absolute atomic E-state index is 0.108. The van der Waals surface area contributed by atoms with E-state index in [1.807, 2.05) is 0 Å². The van der Waals surface area contributed by atoms with Gasteiger partial charge < -0.3 is 10.4 Å². The van der Waals surface area contributed by atoms with Crippen LogP contribution in [0.3, 0.4) is 0 Å². The largest absolute Gasteiger partial charge is 0.480 e. The second kappa shape index (κ2) is 6.60. The average Bonchev–Trinajstić information content (AvgIpc) is 2.99. The maximum atomic E-state index is 12.2. The fraction of sp³-hybridized carbons (Fsp3) is 0.267. The van der Waals surface area contributed by atoms with Crippen LogP contribution >= 0.6 is 23.2 Å². The maximum absolute atomic E-state index is 12.2. The first kappa shape index (κ1) is 17.3. The van der Waals surface area contributed by atoms with E-state index in [1.165, 1.54) is 17.7 Å². The Morgan fingerprint density at radius 1 is 1.30 bits per heavy atom. The molecule has 0 aliphatic rings. The minimum atomic E-state index is -1.34. The Balaban J connectivity index is 2.23. The van der Waals surface area contributed by atoms with Crippen molar-refractivity contribution in [3.05, 3.63) is 46.2 Å². The van der Waals surface area contributed by atoms with Crippen molar-refractivity contribution in [1.29, 1.82) is 0 Å². The normalized spacial score (nSPS) is 13.4. The summed E-state index contributed by atoms with van der Waals surface area (Å²) in [6.45, 7) is 3.13. The number of hydrogen-bond donors (Lipinski definition) is 2. The number of aliphatic carboxylic acids is 1. The van der Waals surface area contributed by atoms with Gasteiger partial charge in [-0.05, 0) is 37.6 Å². The van der Waals surface area contributed by atoms with Crippen LogP contribution < -0.4 is 5.32 Å². The molecule has 1 aromatic heterocycles. The summed E-state index contributed by atoms with van der Waals surface area (Å²) in [4.78, 5) is 23.4. The highest BCUT2D eigenvalue weighted by atomic mass is 35.5. The maximum Gasteiger partial charge on any atom is 0.329 e. The monoisotopic (exact) mass is 355 g/mol. The number of carbonyl (C=O) groups excluding carboxylic acids is 1. The van der Waals surface area contributed by atoms with Gasteiger partial charge in [-0.2, -0.15) is 5.10 Å². The molecule has 1 amide bonds. The Bertz CT molecular complexity index is 760. The summed E-state index contributed by atoms with van der Waals surface area (Å²) < 4.78 is 1.46. The summed E-state index contributed by atoms with van der Waals surface area (Å²) in [5, 5.41) is 16.6. The summed E-state index contributed by atoms with van der Waals surface area (Å²) >= 11 is 11.8. The molecule has 0 spiro atoms. The van der Waals surface area contributed by atoms with Crippen molar-refractivity contribution in [2.75, 3.05) is 0 Å². The Morgan fingerprint density at radius 3 is 2.57 bits per heavy atom. The van der Waals surface area contributed by atoms with Crippen molar-refractivity contribution >= 4 is 35.1 Å². The number of benzene rings is 1. The molecule has 0 bridgehead atoms. The van der Waals surface area contributed by atoms with E-state index in [0.29, 0.717) is 15.7 Å². The number of carboxylic acids is 1. The van der Waals surface area contributed by atoms with E-state index in [4.69, 9.17) is 23.2 Å². The Hall–Kier alpha value is -2.05. The minimum Gasteiger partial charge on any atom is -0.480 e. The molecule has 0 radical (unpaired) electrons. The molecule has 8 heteroatoms. The highest BCUT2D eigenvalue weighted by molar-refractivity contribution is 6.42. The van der Waals surface area contributed by atoms with Gasteiger partial charge in [0.15, 0.2) is 5.69 Å². The van der Waals surface area contributed by atoms with E-state index in [9.17, 15) is 14.7 Å². The van der Waals surface area contributed by atoms with Gasteiger partial charge in [-0.25, -0.2) is 9.48 Å². The second-order valence-electron chi connectivity index (χ2n) is 5.19. The number of rotatable bonds is 5. The third kappa shape index (κ3) is 3.65. The van der Waals surface area contributed by atoms with Crippen molar-refractivity contribution in [1.82, 2.24) is 15.1 Å². The van der Waals surface area contributed by atoms with E-state index in [-0.39, 0.29) is 12.1 Å².